The van der Waals surface area contributed by atoms with Gasteiger partial charge in [0.05, 0.1) is 16.8 Å². The Bertz CT molecular complexity index is 833. The maximum atomic E-state index is 12.5. The molecule has 0 aliphatic carbocycles. The zero-order valence-corrected chi connectivity index (χ0v) is 14.5. The molecule has 2 amide bonds. The van der Waals surface area contributed by atoms with Gasteiger partial charge in [-0.2, -0.15) is 0 Å². The van der Waals surface area contributed by atoms with Crippen molar-refractivity contribution in [2.45, 2.75) is 19.9 Å². The number of hydrogen-bond donors (Lipinski definition) is 4. The summed E-state index contributed by atoms with van der Waals surface area (Å²) < 4.78 is 0. The van der Waals surface area contributed by atoms with Gasteiger partial charge in [-0.05, 0) is 30.2 Å². The summed E-state index contributed by atoms with van der Waals surface area (Å²) in [5, 5.41) is 14.4. The van der Waals surface area contributed by atoms with Crippen molar-refractivity contribution in [3.05, 3.63) is 59.7 Å². The van der Waals surface area contributed by atoms with Crippen LogP contribution in [0.1, 0.15) is 34.6 Å². The van der Waals surface area contributed by atoms with E-state index in [1.54, 1.807) is 56.3 Å². The molecule has 1 unspecified atom stereocenters. The van der Waals surface area contributed by atoms with Crippen LogP contribution in [-0.2, 0) is 4.79 Å². The van der Waals surface area contributed by atoms with E-state index >= 15 is 0 Å². The first-order valence-corrected chi connectivity index (χ1v) is 8.09. The van der Waals surface area contributed by atoms with Gasteiger partial charge >= 0.3 is 5.97 Å². The number of para-hydroxylation sites is 2. The highest BCUT2D eigenvalue weighted by Crippen LogP contribution is 2.19. The molecule has 136 valence electrons. The fourth-order valence-electron chi connectivity index (χ4n) is 2.42. The Morgan fingerprint density at radius 2 is 1.50 bits per heavy atom. The summed E-state index contributed by atoms with van der Waals surface area (Å²) in [4.78, 5) is 36.2. The van der Waals surface area contributed by atoms with E-state index in [9.17, 15) is 19.5 Å². The van der Waals surface area contributed by atoms with Gasteiger partial charge in [0.25, 0.3) is 11.8 Å². The third-order valence-electron chi connectivity index (χ3n) is 3.84. The lowest BCUT2D eigenvalue weighted by Gasteiger charge is -2.19. The van der Waals surface area contributed by atoms with Crippen molar-refractivity contribution in [2.24, 2.45) is 5.92 Å². The number of aliphatic carboxylic acids is 1. The lowest BCUT2D eigenvalue weighted by Crippen LogP contribution is -2.44. The average molecular weight is 355 g/mol. The molecule has 0 aliphatic heterocycles. The molecular formula is C19H21N3O4. The highest BCUT2D eigenvalue weighted by Gasteiger charge is 2.25. The molecule has 2 rings (SSSR count). The molecule has 0 fully saturated rings. The summed E-state index contributed by atoms with van der Waals surface area (Å²) >= 11 is 0. The van der Waals surface area contributed by atoms with Crippen molar-refractivity contribution in [1.29, 1.82) is 0 Å². The number of carboxylic acids is 1. The predicted octanol–water partition coefficient (Wildman–Crippen LogP) is 2.36. The normalized spacial score (nSPS) is 11.7. The van der Waals surface area contributed by atoms with Crippen LogP contribution in [0.5, 0.6) is 0 Å². The van der Waals surface area contributed by atoms with Crippen molar-refractivity contribution in [3.8, 4) is 0 Å². The summed E-state index contributed by atoms with van der Waals surface area (Å²) in [5.41, 5.74) is 6.84. The van der Waals surface area contributed by atoms with Gasteiger partial charge in [0.2, 0.25) is 0 Å². The minimum Gasteiger partial charge on any atom is -0.480 e. The molecule has 2 aromatic rings. The smallest absolute Gasteiger partial charge is 0.326 e. The van der Waals surface area contributed by atoms with Gasteiger partial charge < -0.3 is 21.5 Å². The van der Waals surface area contributed by atoms with Crippen LogP contribution in [-0.4, -0.2) is 28.9 Å². The number of carbonyl (C=O) groups is 3. The van der Waals surface area contributed by atoms with E-state index in [2.05, 4.69) is 10.6 Å². The summed E-state index contributed by atoms with van der Waals surface area (Å²) in [5.74, 6) is -2.45. The van der Waals surface area contributed by atoms with Gasteiger partial charge in [0.15, 0.2) is 0 Å². The number of anilines is 2. The Morgan fingerprint density at radius 3 is 2.08 bits per heavy atom. The van der Waals surface area contributed by atoms with Crippen LogP contribution in [0.2, 0.25) is 0 Å². The first-order valence-electron chi connectivity index (χ1n) is 8.09. The van der Waals surface area contributed by atoms with Gasteiger partial charge in [-0.25, -0.2) is 4.79 Å². The fraction of sp³-hybridized carbons (Fsp3) is 0.211. The summed E-state index contributed by atoms with van der Waals surface area (Å²) in [7, 11) is 0. The summed E-state index contributed by atoms with van der Waals surface area (Å²) in [6.07, 6.45) is 0. The summed E-state index contributed by atoms with van der Waals surface area (Å²) in [6, 6.07) is 11.9. The first kappa shape index (κ1) is 19.0. The van der Waals surface area contributed by atoms with Crippen molar-refractivity contribution in [1.82, 2.24) is 5.32 Å². The van der Waals surface area contributed by atoms with Gasteiger partial charge in [-0.1, -0.05) is 38.1 Å². The molecule has 0 aromatic heterocycles. The average Bonchev–Trinajstić information content (AvgIpc) is 2.59. The number of carbonyl (C=O) groups excluding carboxylic acids is 2. The number of rotatable bonds is 6. The molecule has 0 aliphatic rings. The van der Waals surface area contributed by atoms with E-state index in [0.717, 1.165) is 0 Å². The Hall–Kier alpha value is -3.35. The van der Waals surface area contributed by atoms with Gasteiger partial charge in [0.1, 0.15) is 6.04 Å². The lowest BCUT2D eigenvalue weighted by molar-refractivity contribution is -0.140. The Kier molecular flexibility index (Phi) is 5.95. The molecule has 0 spiro atoms. The van der Waals surface area contributed by atoms with Crippen LogP contribution in [0, 0.1) is 5.92 Å². The lowest BCUT2D eigenvalue weighted by atomic mass is 10.0. The van der Waals surface area contributed by atoms with E-state index in [0.29, 0.717) is 5.69 Å². The maximum absolute atomic E-state index is 12.5. The van der Waals surface area contributed by atoms with Crippen LogP contribution in [0.15, 0.2) is 48.5 Å². The van der Waals surface area contributed by atoms with Crippen molar-refractivity contribution < 1.29 is 19.5 Å². The third kappa shape index (κ3) is 4.38. The SMILES string of the molecule is CC(C)C(NC(=O)c1ccccc1NC(=O)c1ccccc1N)C(=O)O. The van der Waals surface area contributed by atoms with Crippen LogP contribution in [0.3, 0.4) is 0 Å². The number of hydrogen-bond acceptors (Lipinski definition) is 4. The fourth-order valence-corrected chi connectivity index (χ4v) is 2.42. The number of nitrogen functional groups attached to an aromatic ring is 1. The second kappa shape index (κ2) is 8.15. The van der Waals surface area contributed by atoms with E-state index in [4.69, 9.17) is 5.73 Å². The quantitative estimate of drug-likeness (QED) is 0.593. The standard InChI is InChI=1S/C19H21N3O4/c1-11(2)16(19(25)26)22-18(24)13-8-4-6-10-15(13)21-17(23)12-7-3-5-9-14(12)20/h3-11,16H,20H2,1-2H3,(H,21,23)(H,22,24)(H,25,26). The molecule has 0 heterocycles. The Balaban J connectivity index is 2.25. The molecule has 7 heteroatoms. The van der Waals surface area contributed by atoms with E-state index < -0.39 is 23.8 Å². The Labute approximate surface area is 151 Å². The van der Waals surface area contributed by atoms with E-state index in [1.807, 2.05) is 0 Å². The maximum Gasteiger partial charge on any atom is 0.326 e. The minimum atomic E-state index is -1.12. The number of carboxylic acid groups (broad SMARTS) is 1. The van der Waals surface area contributed by atoms with E-state index in [1.165, 1.54) is 6.07 Å². The minimum absolute atomic E-state index is 0.169. The Morgan fingerprint density at radius 1 is 0.923 bits per heavy atom. The van der Waals surface area contributed by atoms with Crippen molar-refractivity contribution >= 4 is 29.2 Å². The molecule has 26 heavy (non-hydrogen) atoms. The van der Waals surface area contributed by atoms with E-state index in [-0.39, 0.29) is 22.7 Å². The number of benzene rings is 2. The second-order valence-corrected chi connectivity index (χ2v) is 6.12. The largest absolute Gasteiger partial charge is 0.480 e. The predicted molar refractivity (Wildman–Crippen MR) is 99.0 cm³/mol. The zero-order valence-electron chi connectivity index (χ0n) is 14.5. The molecule has 0 saturated carbocycles. The molecule has 0 radical (unpaired) electrons. The van der Waals surface area contributed by atoms with Crippen LogP contribution in [0.25, 0.3) is 0 Å². The van der Waals surface area contributed by atoms with Gasteiger partial charge in [-0.3, -0.25) is 9.59 Å². The molecule has 5 N–H and O–H groups in total. The molecule has 0 bridgehead atoms. The third-order valence-corrected chi connectivity index (χ3v) is 3.84. The molecule has 7 nitrogen and oxygen atoms in total. The number of nitrogens with one attached hydrogen (secondary N) is 2. The monoisotopic (exact) mass is 355 g/mol. The zero-order chi connectivity index (χ0) is 19.3. The number of amides is 2. The number of nitrogens with two attached hydrogens (primary N) is 1. The molecular weight excluding hydrogens is 334 g/mol. The topological polar surface area (TPSA) is 122 Å². The van der Waals surface area contributed by atoms with Gasteiger partial charge in [0, 0.05) is 5.69 Å². The molecule has 1 atom stereocenters. The van der Waals surface area contributed by atoms with Gasteiger partial charge in [-0.15, -0.1) is 0 Å². The molecule has 0 saturated heterocycles. The van der Waals surface area contributed by atoms with Crippen LogP contribution in [0.4, 0.5) is 11.4 Å². The highest BCUT2D eigenvalue weighted by molar-refractivity contribution is 6.11. The van der Waals surface area contributed by atoms with Crippen molar-refractivity contribution in [3.63, 3.8) is 0 Å². The molecule has 2 aromatic carbocycles. The second-order valence-electron chi connectivity index (χ2n) is 6.12. The first-order chi connectivity index (χ1) is 12.3. The van der Waals surface area contributed by atoms with Crippen LogP contribution >= 0.6 is 0 Å². The van der Waals surface area contributed by atoms with Crippen molar-refractivity contribution in [2.75, 3.05) is 11.1 Å². The van der Waals surface area contributed by atoms with Crippen LogP contribution < -0.4 is 16.4 Å². The highest BCUT2D eigenvalue weighted by atomic mass is 16.4. The summed E-state index contributed by atoms with van der Waals surface area (Å²) in [6.45, 7) is 3.40.